The van der Waals surface area contributed by atoms with E-state index in [9.17, 15) is 18.0 Å². The van der Waals surface area contributed by atoms with Crippen LogP contribution in [0, 0.1) is 0 Å². The summed E-state index contributed by atoms with van der Waals surface area (Å²) in [5.74, 6) is -0.566. The van der Waals surface area contributed by atoms with Gasteiger partial charge in [0.15, 0.2) is 0 Å². The number of aliphatic hydroxyl groups excluding tert-OH is 1. The first-order valence-electron chi connectivity index (χ1n) is 6.16. The molecule has 0 aromatic heterocycles. The number of esters is 1. The molecule has 2 atom stereocenters. The summed E-state index contributed by atoms with van der Waals surface area (Å²) in [6.07, 6.45) is -6.58. The second-order valence-electron chi connectivity index (χ2n) is 5.48. The van der Waals surface area contributed by atoms with Gasteiger partial charge in [-0.2, -0.15) is 13.2 Å². The number of alkyl halides is 3. The molecule has 0 aromatic rings. The van der Waals surface area contributed by atoms with Crippen LogP contribution in [0.25, 0.3) is 0 Å². The molecule has 0 rings (SSSR count). The van der Waals surface area contributed by atoms with Gasteiger partial charge in [-0.25, -0.2) is 0 Å². The van der Waals surface area contributed by atoms with Gasteiger partial charge in [0.05, 0.1) is 0 Å². The molecule has 0 radical (unpaired) electrons. The zero-order chi connectivity index (χ0) is 15.3. The molecular weight excluding hydrogens is 263 g/mol. The summed E-state index contributed by atoms with van der Waals surface area (Å²) in [5.41, 5.74) is 4.93. The number of rotatable bonds is 6. The number of nitrogens with two attached hydrogens (primary N) is 1. The number of aliphatic hydroxyl groups is 1. The molecular formula is C12H22F3NO3. The van der Waals surface area contributed by atoms with Crippen LogP contribution in [0.3, 0.4) is 0 Å². The summed E-state index contributed by atoms with van der Waals surface area (Å²) < 4.78 is 41.0. The first-order chi connectivity index (χ1) is 8.43. The van der Waals surface area contributed by atoms with Gasteiger partial charge in [0.1, 0.15) is 17.7 Å². The van der Waals surface area contributed by atoms with E-state index in [1.165, 1.54) is 0 Å². The van der Waals surface area contributed by atoms with Crippen LogP contribution < -0.4 is 5.73 Å². The molecule has 0 amide bonds. The van der Waals surface area contributed by atoms with Crippen LogP contribution in [0.4, 0.5) is 13.2 Å². The van der Waals surface area contributed by atoms with Crippen LogP contribution in [0.5, 0.6) is 0 Å². The van der Waals surface area contributed by atoms with Crippen LogP contribution in [-0.2, 0) is 9.53 Å². The molecule has 4 nitrogen and oxygen atoms in total. The lowest BCUT2D eigenvalue weighted by atomic mass is 10.1. The van der Waals surface area contributed by atoms with Crippen molar-refractivity contribution < 1.29 is 27.8 Å². The molecule has 0 aromatic carbocycles. The van der Waals surface area contributed by atoms with Crippen molar-refractivity contribution in [2.45, 2.75) is 70.4 Å². The third-order valence-corrected chi connectivity index (χ3v) is 2.33. The molecule has 1 unspecified atom stereocenters. The van der Waals surface area contributed by atoms with E-state index >= 15 is 0 Å². The fraction of sp³-hybridized carbons (Fsp3) is 0.917. The summed E-state index contributed by atoms with van der Waals surface area (Å²) in [4.78, 5) is 11.5. The van der Waals surface area contributed by atoms with E-state index in [4.69, 9.17) is 15.6 Å². The first-order valence-corrected chi connectivity index (χ1v) is 6.16. The predicted molar refractivity (Wildman–Crippen MR) is 64.4 cm³/mol. The second-order valence-corrected chi connectivity index (χ2v) is 5.48. The normalized spacial score (nSPS) is 16.0. The predicted octanol–water partition coefficient (Wildman–Crippen LogP) is 2.14. The molecule has 0 aliphatic heterocycles. The summed E-state index contributed by atoms with van der Waals surface area (Å²) >= 11 is 0. The van der Waals surface area contributed by atoms with Crippen LogP contribution in [-0.4, -0.2) is 35.0 Å². The van der Waals surface area contributed by atoms with E-state index in [2.05, 4.69) is 0 Å². The van der Waals surface area contributed by atoms with Gasteiger partial charge < -0.3 is 15.6 Å². The van der Waals surface area contributed by atoms with Gasteiger partial charge in [0, 0.05) is 0 Å². The number of carbonyl (C=O) groups is 1. The smallest absolute Gasteiger partial charge is 0.414 e. The van der Waals surface area contributed by atoms with Crippen molar-refractivity contribution in [2.75, 3.05) is 0 Å². The van der Waals surface area contributed by atoms with E-state index in [1.54, 1.807) is 20.8 Å². The lowest BCUT2D eigenvalue weighted by molar-refractivity contribution is -0.205. The Balaban J connectivity index is 3.87. The van der Waals surface area contributed by atoms with Crippen molar-refractivity contribution in [3.63, 3.8) is 0 Å². The molecule has 0 bridgehead atoms. The third kappa shape index (κ3) is 8.83. The van der Waals surface area contributed by atoms with Crippen molar-refractivity contribution in [3.8, 4) is 0 Å². The molecule has 19 heavy (non-hydrogen) atoms. The Labute approximate surface area is 111 Å². The Morgan fingerprint density at radius 1 is 1.21 bits per heavy atom. The van der Waals surface area contributed by atoms with Gasteiger partial charge in [-0.05, 0) is 33.6 Å². The number of carbonyl (C=O) groups excluding carboxylic acids is 1. The van der Waals surface area contributed by atoms with Crippen molar-refractivity contribution in [1.82, 2.24) is 0 Å². The number of hydrogen-bond acceptors (Lipinski definition) is 4. The lowest BCUT2D eigenvalue weighted by Gasteiger charge is -2.22. The van der Waals surface area contributed by atoms with Crippen LogP contribution in [0.15, 0.2) is 0 Å². The quantitative estimate of drug-likeness (QED) is 0.579. The highest BCUT2D eigenvalue weighted by molar-refractivity contribution is 5.75. The highest BCUT2D eigenvalue weighted by atomic mass is 19.4. The number of hydrogen-bond donors (Lipinski definition) is 2. The Bertz CT molecular complexity index is 287. The zero-order valence-corrected chi connectivity index (χ0v) is 11.5. The minimum atomic E-state index is -4.59. The van der Waals surface area contributed by atoms with Crippen LogP contribution in [0.1, 0.15) is 46.5 Å². The molecule has 0 heterocycles. The standard InChI is InChI=1S/C12H22F3NO3/c1-11(2,3)19-10(18)8(16)6-4-5-7-9(17)12(13,14)15/h8-9,17H,4-7,16H2,1-3H3/t8-,9?/m0/s1. The minimum Gasteiger partial charge on any atom is -0.459 e. The van der Waals surface area contributed by atoms with Gasteiger partial charge in [-0.3, -0.25) is 4.79 Å². The van der Waals surface area contributed by atoms with Crippen molar-refractivity contribution in [2.24, 2.45) is 5.73 Å². The van der Waals surface area contributed by atoms with Gasteiger partial charge in [-0.15, -0.1) is 0 Å². The molecule has 0 saturated carbocycles. The van der Waals surface area contributed by atoms with E-state index < -0.39 is 29.9 Å². The third-order valence-electron chi connectivity index (χ3n) is 2.33. The maximum absolute atomic E-state index is 12.0. The average Bonchev–Trinajstić information content (AvgIpc) is 2.19. The highest BCUT2D eigenvalue weighted by Crippen LogP contribution is 2.24. The molecule has 0 aliphatic rings. The molecule has 0 saturated heterocycles. The van der Waals surface area contributed by atoms with Crippen LogP contribution in [0.2, 0.25) is 0 Å². The Morgan fingerprint density at radius 3 is 2.11 bits per heavy atom. The molecule has 7 heteroatoms. The second kappa shape index (κ2) is 7.09. The maximum Gasteiger partial charge on any atom is 0.414 e. The molecule has 114 valence electrons. The Morgan fingerprint density at radius 2 is 1.68 bits per heavy atom. The summed E-state index contributed by atoms with van der Waals surface area (Å²) in [5, 5.41) is 8.77. The van der Waals surface area contributed by atoms with E-state index in [0.717, 1.165) is 0 Å². The number of ether oxygens (including phenoxy) is 1. The minimum absolute atomic E-state index is 0.150. The van der Waals surface area contributed by atoms with Gasteiger partial charge in [0.25, 0.3) is 0 Å². The number of unbranched alkanes of at least 4 members (excludes halogenated alkanes) is 1. The van der Waals surface area contributed by atoms with E-state index in [0.29, 0.717) is 6.42 Å². The van der Waals surface area contributed by atoms with Gasteiger partial charge >= 0.3 is 12.1 Å². The van der Waals surface area contributed by atoms with Crippen molar-refractivity contribution in [1.29, 1.82) is 0 Å². The maximum atomic E-state index is 12.0. The monoisotopic (exact) mass is 285 g/mol. The largest absolute Gasteiger partial charge is 0.459 e. The fourth-order valence-corrected chi connectivity index (χ4v) is 1.36. The molecule has 0 spiro atoms. The lowest BCUT2D eigenvalue weighted by Crippen LogP contribution is -2.37. The Hall–Kier alpha value is -0.820. The Kier molecular flexibility index (Phi) is 6.79. The van der Waals surface area contributed by atoms with Gasteiger partial charge in [0.2, 0.25) is 0 Å². The fourth-order valence-electron chi connectivity index (χ4n) is 1.36. The molecule has 3 N–H and O–H groups in total. The summed E-state index contributed by atoms with van der Waals surface area (Å²) in [6, 6.07) is -0.845. The van der Waals surface area contributed by atoms with E-state index in [-0.39, 0.29) is 19.3 Å². The number of halogens is 3. The molecule has 0 aliphatic carbocycles. The topological polar surface area (TPSA) is 72.5 Å². The van der Waals surface area contributed by atoms with E-state index in [1.807, 2.05) is 0 Å². The zero-order valence-electron chi connectivity index (χ0n) is 11.5. The van der Waals surface area contributed by atoms with Crippen molar-refractivity contribution >= 4 is 5.97 Å². The van der Waals surface area contributed by atoms with Crippen LogP contribution >= 0.6 is 0 Å². The molecule has 0 fully saturated rings. The highest BCUT2D eigenvalue weighted by Gasteiger charge is 2.37. The van der Waals surface area contributed by atoms with Gasteiger partial charge in [-0.1, -0.05) is 12.8 Å². The summed E-state index contributed by atoms with van der Waals surface area (Å²) in [7, 11) is 0. The average molecular weight is 285 g/mol. The summed E-state index contributed by atoms with van der Waals surface area (Å²) in [6.45, 7) is 5.12. The first kappa shape index (κ1) is 18.2. The SMILES string of the molecule is CC(C)(C)OC(=O)[C@@H](N)CCCCC(O)C(F)(F)F. The van der Waals surface area contributed by atoms with Crippen molar-refractivity contribution in [3.05, 3.63) is 0 Å².